The SMILES string of the molecule is Cc1ccnc2nc(C(=O)N[C@@H](C#N)CC(C)C)nn12. The number of amides is 1. The Morgan fingerprint density at radius 3 is 2.90 bits per heavy atom. The van der Waals surface area contributed by atoms with Gasteiger partial charge in [0, 0.05) is 11.9 Å². The highest BCUT2D eigenvalue weighted by atomic mass is 16.2. The summed E-state index contributed by atoms with van der Waals surface area (Å²) in [6.45, 7) is 5.84. The van der Waals surface area contributed by atoms with Crippen molar-refractivity contribution in [2.24, 2.45) is 5.92 Å². The molecule has 104 valence electrons. The van der Waals surface area contributed by atoms with Crippen molar-refractivity contribution in [1.82, 2.24) is 24.9 Å². The van der Waals surface area contributed by atoms with Gasteiger partial charge in [0.05, 0.1) is 6.07 Å². The van der Waals surface area contributed by atoms with E-state index >= 15 is 0 Å². The van der Waals surface area contributed by atoms with Crippen LogP contribution in [0.15, 0.2) is 12.3 Å². The summed E-state index contributed by atoms with van der Waals surface area (Å²) in [5.41, 5.74) is 0.834. The fourth-order valence-corrected chi connectivity index (χ4v) is 1.84. The van der Waals surface area contributed by atoms with E-state index in [1.54, 1.807) is 12.3 Å². The average molecular weight is 272 g/mol. The number of aryl methyl sites for hydroxylation is 1. The molecular weight excluding hydrogens is 256 g/mol. The molecule has 0 aromatic carbocycles. The van der Waals surface area contributed by atoms with E-state index in [0.29, 0.717) is 18.1 Å². The number of hydrogen-bond donors (Lipinski definition) is 1. The maximum absolute atomic E-state index is 12.0. The molecule has 1 N–H and O–H groups in total. The van der Waals surface area contributed by atoms with Crippen LogP contribution in [0, 0.1) is 24.2 Å². The summed E-state index contributed by atoms with van der Waals surface area (Å²) in [6.07, 6.45) is 2.20. The Morgan fingerprint density at radius 2 is 2.30 bits per heavy atom. The van der Waals surface area contributed by atoms with Crippen molar-refractivity contribution < 1.29 is 4.79 Å². The molecule has 2 aromatic rings. The number of nitrogens with one attached hydrogen (secondary N) is 1. The number of fused-ring (bicyclic) bond motifs is 1. The fraction of sp³-hybridized carbons (Fsp3) is 0.462. The number of aromatic nitrogens is 4. The van der Waals surface area contributed by atoms with Crippen LogP contribution in [-0.2, 0) is 0 Å². The van der Waals surface area contributed by atoms with Gasteiger partial charge in [0.25, 0.3) is 11.7 Å². The molecule has 2 rings (SSSR count). The predicted molar refractivity (Wildman–Crippen MR) is 71.8 cm³/mol. The van der Waals surface area contributed by atoms with Gasteiger partial charge in [-0.3, -0.25) is 4.79 Å². The minimum Gasteiger partial charge on any atom is -0.333 e. The van der Waals surface area contributed by atoms with Gasteiger partial charge in [-0.1, -0.05) is 13.8 Å². The molecule has 0 fully saturated rings. The highest BCUT2D eigenvalue weighted by Gasteiger charge is 2.19. The standard InChI is InChI=1S/C13H16N6O/c1-8(2)6-10(7-14)16-12(20)11-17-13-15-5-4-9(3)19(13)18-11/h4-5,8,10H,6H2,1-3H3,(H,16,20)/t10-/m1/s1. The Kier molecular flexibility index (Phi) is 3.94. The van der Waals surface area contributed by atoms with E-state index in [-0.39, 0.29) is 5.82 Å². The number of nitrogens with zero attached hydrogens (tertiary/aromatic N) is 5. The first kappa shape index (κ1) is 13.9. The van der Waals surface area contributed by atoms with Crippen LogP contribution in [0.2, 0.25) is 0 Å². The second kappa shape index (κ2) is 5.65. The van der Waals surface area contributed by atoms with E-state index in [9.17, 15) is 4.79 Å². The minimum atomic E-state index is -0.539. The number of hydrogen-bond acceptors (Lipinski definition) is 5. The van der Waals surface area contributed by atoms with Crippen LogP contribution in [0.25, 0.3) is 5.78 Å². The molecule has 0 aliphatic rings. The largest absolute Gasteiger partial charge is 0.333 e. The molecule has 0 radical (unpaired) electrons. The van der Waals surface area contributed by atoms with Crippen LogP contribution in [0.5, 0.6) is 0 Å². The molecule has 0 saturated heterocycles. The number of carbonyl (C=O) groups excluding carboxylic acids is 1. The second-order valence-corrected chi connectivity index (χ2v) is 5.02. The molecule has 2 aromatic heterocycles. The van der Waals surface area contributed by atoms with Gasteiger partial charge < -0.3 is 5.32 Å². The van der Waals surface area contributed by atoms with Gasteiger partial charge in [0.1, 0.15) is 6.04 Å². The first-order valence-corrected chi connectivity index (χ1v) is 6.40. The molecule has 0 aliphatic carbocycles. The molecular formula is C13H16N6O. The summed E-state index contributed by atoms with van der Waals surface area (Å²) in [5, 5.41) is 15.8. The maximum Gasteiger partial charge on any atom is 0.292 e. The van der Waals surface area contributed by atoms with E-state index in [4.69, 9.17) is 5.26 Å². The van der Waals surface area contributed by atoms with Crippen molar-refractivity contribution in [3.63, 3.8) is 0 Å². The molecule has 0 aliphatic heterocycles. The van der Waals surface area contributed by atoms with Crippen LogP contribution in [-0.4, -0.2) is 31.5 Å². The first-order valence-electron chi connectivity index (χ1n) is 6.40. The lowest BCUT2D eigenvalue weighted by molar-refractivity contribution is 0.0932. The zero-order valence-electron chi connectivity index (χ0n) is 11.7. The van der Waals surface area contributed by atoms with Gasteiger partial charge in [-0.15, -0.1) is 5.10 Å². The summed E-state index contributed by atoms with van der Waals surface area (Å²) in [7, 11) is 0. The topological polar surface area (TPSA) is 96.0 Å². The summed E-state index contributed by atoms with van der Waals surface area (Å²) >= 11 is 0. The quantitative estimate of drug-likeness (QED) is 0.899. The van der Waals surface area contributed by atoms with Crippen LogP contribution >= 0.6 is 0 Å². The van der Waals surface area contributed by atoms with Crippen LogP contribution in [0.3, 0.4) is 0 Å². The average Bonchev–Trinajstić information content (AvgIpc) is 2.83. The van der Waals surface area contributed by atoms with Gasteiger partial charge in [-0.2, -0.15) is 10.2 Å². The first-order chi connectivity index (χ1) is 9.51. The van der Waals surface area contributed by atoms with E-state index in [1.165, 1.54) is 4.52 Å². The lowest BCUT2D eigenvalue weighted by Crippen LogP contribution is -2.35. The third-order valence-corrected chi connectivity index (χ3v) is 2.80. The number of nitriles is 1. The fourth-order valence-electron chi connectivity index (χ4n) is 1.84. The predicted octanol–water partition coefficient (Wildman–Crippen LogP) is 1.10. The van der Waals surface area contributed by atoms with Gasteiger partial charge in [-0.05, 0) is 25.3 Å². The number of rotatable bonds is 4. The summed E-state index contributed by atoms with van der Waals surface area (Å²) in [6, 6.07) is 3.31. The third kappa shape index (κ3) is 2.91. The summed E-state index contributed by atoms with van der Waals surface area (Å²) in [4.78, 5) is 20.1. The van der Waals surface area contributed by atoms with Crippen molar-refractivity contribution in [2.75, 3.05) is 0 Å². The maximum atomic E-state index is 12.0. The molecule has 2 heterocycles. The zero-order valence-corrected chi connectivity index (χ0v) is 11.7. The van der Waals surface area contributed by atoms with Gasteiger partial charge in [0.2, 0.25) is 5.82 Å². The van der Waals surface area contributed by atoms with Crippen molar-refractivity contribution in [3.8, 4) is 6.07 Å². The smallest absolute Gasteiger partial charge is 0.292 e. The van der Waals surface area contributed by atoms with Gasteiger partial charge >= 0.3 is 0 Å². The minimum absolute atomic E-state index is 0.0239. The Hall–Kier alpha value is -2.49. The molecule has 0 spiro atoms. The van der Waals surface area contributed by atoms with Crippen molar-refractivity contribution in [1.29, 1.82) is 5.26 Å². The lowest BCUT2D eigenvalue weighted by Gasteiger charge is -2.11. The van der Waals surface area contributed by atoms with Crippen LogP contribution in [0.4, 0.5) is 0 Å². The third-order valence-electron chi connectivity index (χ3n) is 2.80. The van der Waals surface area contributed by atoms with E-state index in [0.717, 1.165) is 5.69 Å². The van der Waals surface area contributed by atoms with Crippen LogP contribution in [0.1, 0.15) is 36.6 Å². The van der Waals surface area contributed by atoms with Crippen molar-refractivity contribution >= 4 is 11.7 Å². The number of carbonyl (C=O) groups is 1. The van der Waals surface area contributed by atoms with Gasteiger partial charge in [-0.25, -0.2) is 9.50 Å². The Balaban J connectivity index is 2.19. The Bertz CT molecular complexity index is 669. The van der Waals surface area contributed by atoms with Crippen molar-refractivity contribution in [3.05, 3.63) is 23.8 Å². The van der Waals surface area contributed by atoms with E-state index < -0.39 is 11.9 Å². The highest BCUT2D eigenvalue weighted by Crippen LogP contribution is 2.06. The molecule has 20 heavy (non-hydrogen) atoms. The van der Waals surface area contributed by atoms with E-state index in [1.807, 2.05) is 20.8 Å². The lowest BCUT2D eigenvalue weighted by atomic mass is 10.1. The van der Waals surface area contributed by atoms with Crippen molar-refractivity contribution in [2.45, 2.75) is 33.2 Å². The molecule has 0 saturated carbocycles. The molecule has 7 heteroatoms. The highest BCUT2D eigenvalue weighted by molar-refractivity contribution is 5.91. The zero-order chi connectivity index (χ0) is 14.7. The molecule has 1 amide bonds. The summed E-state index contributed by atoms with van der Waals surface area (Å²) < 4.78 is 1.50. The van der Waals surface area contributed by atoms with Crippen LogP contribution < -0.4 is 5.32 Å². The summed E-state index contributed by atoms with van der Waals surface area (Å²) in [5.74, 6) is 0.253. The van der Waals surface area contributed by atoms with Gasteiger partial charge in [0.15, 0.2) is 0 Å². The molecule has 1 atom stereocenters. The Morgan fingerprint density at radius 1 is 1.55 bits per heavy atom. The normalized spacial score (nSPS) is 12.3. The molecule has 7 nitrogen and oxygen atoms in total. The molecule has 0 bridgehead atoms. The monoisotopic (exact) mass is 272 g/mol. The Labute approximate surface area is 116 Å². The van der Waals surface area contributed by atoms with E-state index in [2.05, 4.69) is 26.5 Å². The molecule has 0 unspecified atom stereocenters. The second-order valence-electron chi connectivity index (χ2n) is 5.02.